The molecule has 0 fully saturated rings. The van der Waals surface area contributed by atoms with Gasteiger partial charge in [-0.3, -0.25) is 14.9 Å². The van der Waals surface area contributed by atoms with Gasteiger partial charge in [0.05, 0.1) is 24.2 Å². The smallest absolute Gasteiger partial charge is 0.269 e. The molecule has 0 bridgehead atoms. The number of halogens is 1. The SMILES string of the molecule is COc1ccc(NC(=O)/C(C#N)=C\c2cc(Cl)c(OCc3ccc([N+](=O)[O-])cc3)c(OC)c2)cc1. The first kappa shape index (κ1) is 25.1. The third-order valence-corrected chi connectivity index (χ3v) is 5.09. The zero-order chi connectivity index (χ0) is 25.4. The van der Waals surface area contributed by atoms with Crippen molar-refractivity contribution in [1.29, 1.82) is 5.26 Å². The number of non-ortho nitro benzene ring substituents is 1. The molecular weight excluding hydrogens is 474 g/mol. The highest BCUT2D eigenvalue weighted by Gasteiger charge is 2.15. The molecule has 0 aliphatic carbocycles. The van der Waals surface area contributed by atoms with Gasteiger partial charge in [0, 0.05) is 17.8 Å². The van der Waals surface area contributed by atoms with E-state index < -0.39 is 10.8 Å². The van der Waals surface area contributed by atoms with Gasteiger partial charge in [0.15, 0.2) is 11.5 Å². The largest absolute Gasteiger partial charge is 0.497 e. The zero-order valence-corrected chi connectivity index (χ0v) is 19.5. The van der Waals surface area contributed by atoms with Gasteiger partial charge in [0.1, 0.15) is 24.0 Å². The summed E-state index contributed by atoms with van der Waals surface area (Å²) in [5.41, 5.74) is 1.49. The second-order valence-electron chi connectivity index (χ2n) is 7.10. The monoisotopic (exact) mass is 493 g/mol. The van der Waals surface area contributed by atoms with Gasteiger partial charge in [0.2, 0.25) is 0 Å². The summed E-state index contributed by atoms with van der Waals surface area (Å²) in [5, 5.41) is 23.1. The lowest BCUT2D eigenvalue weighted by molar-refractivity contribution is -0.384. The van der Waals surface area contributed by atoms with Crippen molar-refractivity contribution in [1.82, 2.24) is 0 Å². The Kier molecular flexibility index (Phi) is 8.27. The fraction of sp³-hybridized carbons (Fsp3) is 0.120. The standard InChI is InChI=1S/C25H20ClN3O6/c1-33-21-9-5-19(6-10-21)28-25(30)18(14-27)11-17-12-22(26)24(23(13-17)34-2)35-15-16-3-7-20(8-4-16)29(31)32/h3-13H,15H2,1-2H3,(H,28,30)/b18-11-. The highest BCUT2D eigenvalue weighted by atomic mass is 35.5. The Bertz CT molecular complexity index is 1300. The lowest BCUT2D eigenvalue weighted by Gasteiger charge is -2.13. The van der Waals surface area contributed by atoms with Gasteiger partial charge < -0.3 is 19.5 Å². The van der Waals surface area contributed by atoms with Crippen LogP contribution in [0.3, 0.4) is 0 Å². The zero-order valence-electron chi connectivity index (χ0n) is 18.8. The van der Waals surface area contributed by atoms with Gasteiger partial charge >= 0.3 is 0 Å². The van der Waals surface area contributed by atoms with Crippen molar-refractivity contribution >= 4 is 35.0 Å². The maximum Gasteiger partial charge on any atom is 0.269 e. The summed E-state index contributed by atoms with van der Waals surface area (Å²) in [7, 11) is 2.97. The molecule has 0 radical (unpaired) electrons. The van der Waals surface area contributed by atoms with Crippen LogP contribution in [-0.2, 0) is 11.4 Å². The number of nitro groups is 1. The molecule has 0 saturated heterocycles. The van der Waals surface area contributed by atoms with Crippen molar-refractivity contribution < 1.29 is 23.9 Å². The molecule has 3 aromatic rings. The minimum absolute atomic E-state index is 0.0233. The highest BCUT2D eigenvalue weighted by molar-refractivity contribution is 6.32. The van der Waals surface area contributed by atoms with Crippen LogP contribution >= 0.6 is 11.6 Å². The molecule has 0 aliphatic heterocycles. The predicted octanol–water partition coefficient (Wildman–Crippen LogP) is 5.39. The average molecular weight is 494 g/mol. The van der Waals surface area contributed by atoms with Crippen molar-refractivity contribution in [3.8, 4) is 23.3 Å². The summed E-state index contributed by atoms with van der Waals surface area (Å²) in [5.74, 6) is 0.590. The number of anilines is 1. The van der Waals surface area contributed by atoms with Gasteiger partial charge in [-0.05, 0) is 65.7 Å². The third kappa shape index (κ3) is 6.50. The quantitative estimate of drug-likeness (QED) is 0.183. The fourth-order valence-electron chi connectivity index (χ4n) is 3.02. The molecule has 1 amide bonds. The Balaban J connectivity index is 1.77. The molecule has 1 N–H and O–H groups in total. The molecule has 0 aromatic heterocycles. The van der Waals surface area contributed by atoms with Crippen molar-refractivity contribution in [2.45, 2.75) is 6.61 Å². The number of amides is 1. The van der Waals surface area contributed by atoms with E-state index >= 15 is 0 Å². The summed E-state index contributed by atoms with van der Waals surface area (Å²) >= 11 is 6.39. The van der Waals surface area contributed by atoms with E-state index in [1.165, 1.54) is 38.5 Å². The van der Waals surface area contributed by atoms with Crippen molar-refractivity contribution in [2.75, 3.05) is 19.5 Å². The molecule has 3 aromatic carbocycles. The molecular formula is C25H20ClN3O6. The van der Waals surface area contributed by atoms with E-state index in [0.29, 0.717) is 28.3 Å². The second-order valence-corrected chi connectivity index (χ2v) is 7.51. The minimum Gasteiger partial charge on any atom is -0.497 e. The van der Waals surface area contributed by atoms with Crippen molar-refractivity contribution in [2.24, 2.45) is 0 Å². The van der Waals surface area contributed by atoms with Crippen molar-refractivity contribution in [3.63, 3.8) is 0 Å². The van der Waals surface area contributed by atoms with Gasteiger partial charge in [-0.25, -0.2) is 0 Å². The number of benzene rings is 3. The number of hydrogen-bond donors (Lipinski definition) is 1. The molecule has 0 spiro atoms. The molecule has 0 saturated carbocycles. The molecule has 0 heterocycles. The summed E-state index contributed by atoms with van der Waals surface area (Å²) in [6.45, 7) is 0.0942. The van der Waals surface area contributed by atoms with Gasteiger partial charge in [-0.2, -0.15) is 5.26 Å². The first-order valence-electron chi connectivity index (χ1n) is 10.2. The van der Waals surface area contributed by atoms with Gasteiger partial charge in [-0.15, -0.1) is 0 Å². The fourth-order valence-corrected chi connectivity index (χ4v) is 3.29. The number of hydrogen-bond acceptors (Lipinski definition) is 7. The summed E-state index contributed by atoms with van der Waals surface area (Å²) < 4.78 is 16.2. The predicted molar refractivity (Wildman–Crippen MR) is 131 cm³/mol. The van der Waals surface area contributed by atoms with Crippen LogP contribution in [0, 0.1) is 21.4 Å². The molecule has 35 heavy (non-hydrogen) atoms. The summed E-state index contributed by atoms with van der Waals surface area (Å²) in [6, 6.07) is 17.6. The lowest BCUT2D eigenvalue weighted by atomic mass is 10.1. The van der Waals surface area contributed by atoms with E-state index in [2.05, 4.69) is 5.32 Å². The van der Waals surface area contributed by atoms with E-state index in [1.54, 1.807) is 42.5 Å². The van der Waals surface area contributed by atoms with E-state index in [-0.39, 0.29) is 28.6 Å². The van der Waals surface area contributed by atoms with Crippen LogP contribution in [0.4, 0.5) is 11.4 Å². The maximum absolute atomic E-state index is 12.6. The number of carbonyl (C=O) groups is 1. The molecule has 9 nitrogen and oxygen atoms in total. The second kappa shape index (κ2) is 11.5. The highest BCUT2D eigenvalue weighted by Crippen LogP contribution is 2.37. The first-order chi connectivity index (χ1) is 16.8. The number of methoxy groups -OCH3 is 2. The molecule has 178 valence electrons. The van der Waals surface area contributed by atoms with Crippen LogP contribution in [0.25, 0.3) is 6.08 Å². The Labute approximate surface area is 206 Å². The topological polar surface area (TPSA) is 124 Å². The molecule has 0 atom stereocenters. The Morgan fingerprint density at radius 1 is 1.11 bits per heavy atom. The van der Waals surface area contributed by atoms with Crippen LogP contribution in [0.15, 0.2) is 66.2 Å². The number of nitriles is 1. The van der Waals surface area contributed by atoms with E-state index in [9.17, 15) is 20.2 Å². The van der Waals surface area contributed by atoms with Crippen LogP contribution in [-0.4, -0.2) is 25.1 Å². The number of carbonyl (C=O) groups excluding carboxylic acids is 1. The number of rotatable bonds is 9. The Hall–Kier alpha value is -4.55. The van der Waals surface area contributed by atoms with Crippen molar-refractivity contribution in [3.05, 3.63) is 92.5 Å². The normalized spacial score (nSPS) is 10.7. The van der Waals surface area contributed by atoms with E-state index in [4.69, 9.17) is 25.8 Å². The number of ether oxygens (including phenoxy) is 3. The molecule has 3 rings (SSSR count). The first-order valence-corrected chi connectivity index (χ1v) is 10.5. The Morgan fingerprint density at radius 2 is 1.80 bits per heavy atom. The van der Waals surface area contributed by atoms with E-state index in [0.717, 1.165) is 0 Å². The average Bonchev–Trinajstić information content (AvgIpc) is 2.86. The summed E-state index contributed by atoms with van der Waals surface area (Å²) in [6.07, 6.45) is 1.38. The molecule has 0 aliphatic rings. The minimum atomic E-state index is -0.591. The van der Waals surface area contributed by atoms with E-state index in [1.807, 2.05) is 6.07 Å². The number of nitrogens with one attached hydrogen (secondary N) is 1. The third-order valence-electron chi connectivity index (χ3n) is 4.81. The summed E-state index contributed by atoms with van der Waals surface area (Å²) in [4.78, 5) is 22.9. The van der Waals surface area contributed by atoms with Crippen LogP contribution in [0.5, 0.6) is 17.2 Å². The lowest BCUT2D eigenvalue weighted by Crippen LogP contribution is -2.13. The molecule has 10 heteroatoms. The van der Waals surface area contributed by atoms with Gasteiger partial charge in [-0.1, -0.05) is 11.6 Å². The van der Waals surface area contributed by atoms with Crippen LogP contribution < -0.4 is 19.5 Å². The van der Waals surface area contributed by atoms with Crippen LogP contribution in [0.1, 0.15) is 11.1 Å². The maximum atomic E-state index is 12.6. The van der Waals surface area contributed by atoms with Crippen LogP contribution in [0.2, 0.25) is 5.02 Å². The Morgan fingerprint density at radius 3 is 2.37 bits per heavy atom. The molecule has 0 unspecified atom stereocenters. The number of nitrogens with zero attached hydrogens (tertiary/aromatic N) is 2. The number of nitro benzene ring substituents is 1. The van der Waals surface area contributed by atoms with Gasteiger partial charge in [0.25, 0.3) is 11.6 Å².